The lowest BCUT2D eigenvalue weighted by atomic mass is 10.0. The zero-order chi connectivity index (χ0) is 33.8. The minimum absolute atomic E-state index is 0.0575. The topological polar surface area (TPSA) is 72.8 Å². The molecule has 0 aliphatic rings. The summed E-state index contributed by atoms with van der Waals surface area (Å²) in [5.74, 6) is 0.271. The lowest BCUT2D eigenvalue weighted by molar-refractivity contribution is -0.161. The molecule has 0 heterocycles. The van der Waals surface area contributed by atoms with Gasteiger partial charge in [0.05, 0.1) is 6.61 Å². The Kier molecular flexibility index (Phi) is 35.9. The summed E-state index contributed by atoms with van der Waals surface area (Å²) in [5, 5.41) is 9.56. The standard InChI is InChI=1S/C41H80O5/c1-4-5-6-7-8-9-10-11-12-13-16-19-22-25-28-31-34-40(43)45-37-39(36-42)46-41(44)35-32-29-26-23-20-17-14-15-18-21-24-27-30-33-38(2)3/h38-39,42H,4-37H2,1-3H3/t39-/m0/s1. The van der Waals surface area contributed by atoms with Gasteiger partial charge in [-0.15, -0.1) is 0 Å². The van der Waals surface area contributed by atoms with Crippen LogP contribution in [0.1, 0.15) is 226 Å². The van der Waals surface area contributed by atoms with Crippen molar-refractivity contribution in [3.05, 3.63) is 0 Å². The number of esters is 2. The molecule has 1 atom stereocenters. The van der Waals surface area contributed by atoms with Gasteiger partial charge in [0.15, 0.2) is 6.10 Å². The van der Waals surface area contributed by atoms with E-state index in [0.29, 0.717) is 12.8 Å². The zero-order valence-electron chi connectivity index (χ0n) is 31.3. The highest BCUT2D eigenvalue weighted by Crippen LogP contribution is 2.16. The molecule has 0 aromatic carbocycles. The molecule has 0 rings (SSSR count). The molecule has 0 radical (unpaired) electrons. The van der Waals surface area contributed by atoms with E-state index in [1.54, 1.807) is 0 Å². The Bertz CT molecular complexity index is 634. The molecule has 0 saturated carbocycles. The molecule has 0 fully saturated rings. The van der Waals surface area contributed by atoms with Crippen molar-refractivity contribution < 1.29 is 24.2 Å². The van der Waals surface area contributed by atoms with Gasteiger partial charge in [-0.25, -0.2) is 0 Å². The molecule has 5 heteroatoms. The van der Waals surface area contributed by atoms with E-state index in [2.05, 4.69) is 20.8 Å². The first-order valence-electron chi connectivity index (χ1n) is 20.5. The van der Waals surface area contributed by atoms with Gasteiger partial charge in [-0.1, -0.05) is 201 Å². The average Bonchev–Trinajstić information content (AvgIpc) is 3.04. The van der Waals surface area contributed by atoms with Crippen molar-refractivity contribution in [2.45, 2.75) is 232 Å². The van der Waals surface area contributed by atoms with Crippen LogP contribution in [0.5, 0.6) is 0 Å². The lowest BCUT2D eigenvalue weighted by Crippen LogP contribution is -2.28. The van der Waals surface area contributed by atoms with E-state index in [4.69, 9.17) is 9.47 Å². The highest BCUT2D eigenvalue weighted by molar-refractivity contribution is 5.70. The van der Waals surface area contributed by atoms with Crippen LogP contribution in [0, 0.1) is 5.92 Å². The Morgan fingerprint density at radius 2 is 0.804 bits per heavy atom. The number of ether oxygens (including phenoxy) is 2. The maximum absolute atomic E-state index is 12.2. The first kappa shape index (κ1) is 44.9. The second kappa shape index (κ2) is 36.7. The number of carbonyl (C=O) groups is 2. The summed E-state index contributed by atoms with van der Waals surface area (Å²) in [5.41, 5.74) is 0. The maximum Gasteiger partial charge on any atom is 0.306 e. The van der Waals surface area contributed by atoms with E-state index in [1.807, 2.05) is 0 Å². The minimum atomic E-state index is -0.762. The van der Waals surface area contributed by atoms with E-state index in [0.717, 1.165) is 38.0 Å². The highest BCUT2D eigenvalue weighted by atomic mass is 16.6. The molecule has 0 aliphatic carbocycles. The monoisotopic (exact) mass is 653 g/mol. The molecular weight excluding hydrogens is 572 g/mol. The number of aliphatic hydroxyl groups excluding tert-OH is 1. The first-order chi connectivity index (χ1) is 22.5. The highest BCUT2D eigenvalue weighted by Gasteiger charge is 2.16. The third-order valence-corrected chi connectivity index (χ3v) is 9.33. The van der Waals surface area contributed by atoms with Crippen LogP contribution in [-0.4, -0.2) is 36.4 Å². The molecule has 1 N–H and O–H groups in total. The van der Waals surface area contributed by atoms with Crippen LogP contribution in [0.25, 0.3) is 0 Å². The van der Waals surface area contributed by atoms with E-state index in [-0.39, 0.29) is 25.2 Å². The summed E-state index contributed by atoms with van der Waals surface area (Å²) in [6.45, 7) is 6.52. The van der Waals surface area contributed by atoms with Crippen LogP contribution in [0.3, 0.4) is 0 Å². The van der Waals surface area contributed by atoms with Crippen LogP contribution >= 0.6 is 0 Å². The van der Waals surface area contributed by atoms with Crippen molar-refractivity contribution in [3.63, 3.8) is 0 Å². The molecule has 0 saturated heterocycles. The van der Waals surface area contributed by atoms with Gasteiger partial charge < -0.3 is 14.6 Å². The minimum Gasteiger partial charge on any atom is -0.462 e. The molecule has 274 valence electrons. The summed E-state index contributed by atoms with van der Waals surface area (Å²) in [6.07, 6.45) is 38.8. The van der Waals surface area contributed by atoms with Gasteiger partial charge in [0.1, 0.15) is 6.61 Å². The van der Waals surface area contributed by atoms with Crippen LogP contribution in [-0.2, 0) is 19.1 Å². The summed E-state index contributed by atoms with van der Waals surface area (Å²) in [7, 11) is 0. The van der Waals surface area contributed by atoms with E-state index in [9.17, 15) is 14.7 Å². The number of hydrogen-bond donors (Lipinski definition) is 1. The Balaban J connectivity index is 3.49. The summed E-state index contributed by atoms with van der Waals surface area (Å²) >= 11 is 0. The molecule has 0 unspecified atom stereocenters. The average molecular weight is 653 g/mol. The third kappa shape index (κ3) is 35.7. The maximum atomic E-state index is 12.2. The summed E-state index contributed by atoms with van der Waals surface area (Å²) in [6, 6.07) is 0. The fourth-order valence-corrected chi connectivity index (χ4v) is 6.21. The molecule has 46 heavy (non-hydrogen) atoms. The van der Waals surface area contributed by atoms with Gasteiger partial charge in [0, 0.05) is 12.8 Å². The smallest absolute Gasteiger partial charge is 0.306 e. The predicted octanol–water partition coefficient (Wildman–Crippen LogP) is 12.6. The van der Waals surface area contributed by atoms with Crippen molar-refractivity contribution in [2.24, 2.45) is 5.92 Å². The van der Waals surface area contributed by atoms with Crippen LogP contribution in [0.2, 0.25) is 0 Å². The number of rotatable bonds is 37. The molecule has 0 bridgehead atoms. The number of carbonyl (C=O) groups excluding carboxylic acids is 2. The van der Waals surface area contributed by atoms with Gasteiger partial charge >= 0.3 is 11.9 Å². The first-order valence-corrected chi connectivity index (χ1v) is 20.5. The van der Waals surface area contributed by atoms with Crippen molar-refractivity contribution in [1.82, 2.24) is 0 Å². The molecule has 0 amide bonds. The second-order valence-electron chi connectivity index (χ2n) is 14.6. The molecule has 0 aromatic heterocycles. The Morgan fingerprint density at radius 1 is 0.478 bits per heavy atom. The van der Waals surface area contributed by atoms with Crippen molar-refractivity contribution >= 4 is 11.9 Å². The molecule has 0 aromatic rings. The van der Waals surface area contributed by atoms with Gasteiger partial charge in [-0.3, -0.25) is 9.59 Å². The largest absolute Gasteiger partial charge is 0.462 e. The second-order valence-corrected chi connectivity index (χ2v) is 14.6. The SMILES string of the molecule is CCCCCCCCCCCCCCCCCCC(=O)OC[C@H](CO)OC(=O)CCCCCCCCCCCCCCCC(C)C. The van der Waals surface area contributed by atoms with Crippen molar-refractivity contribution in [1.29, 1.82) is 0 Å². The quantitative estimate of drug-likeness (QED) is 0.0534. The zero-order valence-corrected chi connectivity index (χ0v) is 31.3. The Labute approximate surface area is 287 Å². The fraction of sp³-hybridized carbons (Fsp3) is 0.951. The number of unbranched alkanes of at least 4 members (excludes halogenated alkanes) is 27. The molecule has 5 nitrogen and oxygen atoms in total. The normalized spacial score (nSPS) is 12.1. The Morgan fingerprint density at radius 3 is 1.15 bits per heavy atom. The van der Waals surface area contributed by atoms with E-state index >= 15 is 0 Å². The summed E-state index contributed by atoms with van der Waals surface area (Å²) < 4.78 is 10.6. The summed E-state index contributed by atoms with van der Waals surface area (Å²) in [4.78, 5) is 24.3. The van der Waals surface area contributed by atoms with E-state index in [1.165, 1.54) is 161 Å². The van der Waals surface area contributed by atoms with Crippen LogP contribution < -0.4 is 0 Å². The lowest BCUT2D eigenvalue weighted by Gasteiger charge is -2.15. The van der Waals surface area contributed by atoms with Crippen LogP contribution in [0.4, 0.5) is 0 Å². The van der Waals surface area contributed by atoms with Crippen molar-refractivity contribution in [3.8, 4) is 0 Å². The van der Waals surface area contributed by atoms with E-state index < -0.39 is 6.10 Å². The molecule has 0 aliphatic heterocycles. The Hall–Kier alpha value is -1.10. The van der Waals surface area contributed by atoms with Gasteiger partial charge in [0.2, 0.25) is 0 Å². The molecule has 0 spiro atoms. The number of hydrogen-bond acceptors (Lipinski definition) is 5. The van der Waals surface area contributed by atoms with Gasteiger partial charge in [-0.2, -0.15) is 0 Å². The third-order valence-electron chi connectivity index (χ3n) is 9.33. The van der Waals surface area contributed by atoms with Crippen LogP contribution in [0.15, 0.2) is 0 Å². The van der Waals surface area contributed by atoms with Gasteiger partial charge in [-0.05, 0) is 18.8 Å². The fourth-order valence-electron chi connectivity index (χ4n) is 6.21. The predicted molar refractivity (Wildman–Crippen MR) is 196 cm³/mol. The number of aliphatic hydroxyl groups is 1. The molecular formula is C41H80O5. The van der Waals surface area contributed by atoms with Crippen molar-refractivity contribution in [2.75, 3.05) is 13.2 Å². The van der Waals surface area contributed by atoms with Gasteiger partial charge in [0.25, 0.3) is 0 Å².